The highest BCUT2D eigenvalue weighted by Crippen LogP contribution is 2.13. The lowest BCUT2D eigenvalue weighted by Crippen LogP contribution is -2.28. The van der Waals surface area contributed by atoms with E-state index in [2.05, 4.69) is 6.07 Å². The second kappa shape index (κ2) is 7.36. The largest absolute Gasteiger partial charge is 0.488 e. The molecule has 18 heavy (non-hydrogen) atoms. The predicted molar refractivity (Wildman–Crippen MR) is 65.0 cm³/mol. The number of rotatable bonds is 2. The highest BCUT2D eigenvalue weighted by atomic mass is 16.5. The Balaban J connectivity index is 1.83. The Labute approximate surface area is 107 Å². The molecule has 2 radical (unpaired) electrons. The normalized spacial score (nSPS) is 26.5. The fourth-order valence-corrected chi connectivity index (χ4v) is 1.76. The number of hydrogen-bond donors (Lipinski definition) is 0. The maximum atomic E-state index is 11.3. The van der Waals surface area contributed by atoms with Crippen molar-refractivity contribution in [1.82, 2.24) is 0 Å². The zero-order valence-corrected chi connectivity index (χ0v) is 10.3. The summed E-state index contributed by atoms with van der Waals surface area (Å²) in [6.07, 6.45) is 0.515. The molecule has 1 fully saturated rings. The van der Waals surface area contributed by atoms with Crippen LogP contribution in [0.25, 0.3) is 0 Å². The molecule has 0 bridgehead atoms. The Kier molecular flexibility index (Phi) is 5.45. The lowest BCUT2D eigenvalue weighted by Gasteiger charge is -2.21. The number of ether oxygens (including phenoxy) is 3. The summed E-state index contributed by atoms with van der Waals surface area (Å²) in [5.41, 5.74) is 0. The lowest BCUT2D eigenvalue weighted by molar-refractivity contribution is -0.0514. The molecule has 98 valence electrons. The van der Waals surface area contributed by atoms with Crippen LogP contribution in [0.2, 0.25) is 0 Å². The molecule has 0 aliphatic carbocycles. The van der Waals surface area contributed by atoms with Crippen molar-refractivity contribution in [2.24, 2.45) is 0 Å². The zero-order valence-electron chi connectivity index (χ0n) is 10.3. The van der Waals surface area contributed by atoms with Gasteiger partial charge < -0.3 is 14.2 Å². The zero-order chi connectivity index (χ0) is 12.6. The van der Waals surface area contributed by atoms with Gasteiger partial charge in [0.15, 0.2) is 0 Å². The molecule has 4 heteroatoms. The highest BCUT2D eigenvalue weighted by Gasteiger charge is 2.15. The van der Waals surface area contributed by atoms with Crippen LogP contribution in [0.5, 0.6) is 5.75 Å². The van der Waals surface area contributed by atoms with E-state index >= 15 is 0 Å². The molecule has 4 nitrogen and oxygen atoms in total. The highest BCUT2D eigenvalue weighted by molar-refractivity contribution is 5.20. The fraction of sp³-hybridized carbons (Fsp3) is 0.571. The molecular formula is C14H18O4. The first-order valence-corrected chi connectivity index (χ1v) is 6.28. The summed E-state index contributed by atoms with van der Waals surface area (Å²) >= 11 is 0. The average Bonchev–Trinajstić information content (AvgIpc) is 2.40. The summed E-state index contributed by atoms with van der Waals surface area (Å²) in [6, 6.07) is 10.3. The van der Waals surface area contributed by atoms with Crippen LogP contribution in [0.15, 0.2) is 24.3 Å². The van der Waals surface area contributed by atoms with Crippen molar-refractivity contribution >= 4 is 0 Å². The van der Waals surface area contributed by atoms with Gasteiger partial charge in [0.25, 0.3) is 0 Å². The molecule has 1 aliphatic heterocycles. The smallest absolute Gasteiger partial charge is 0.124 e. The van der Waals surface area contributed by atoms with Gasteiger partial charge in [0, 0.05) is 19.4 Å². The van der Waals surface area contributed by atoms with E-state index in [1.165, 1.54) is 0 Å². The monoisotopic (exact) mass is 250 g/mol. The van der Waals surface area contributed by atoms with Crippen LogP contribution < -0.4 is 4.74 Å². The summed E-state index contributed by atoms with van der Waals surface area (Å²) in [6.45, 7) is 1.76. The SMILES string of the molecule is [O]C1CCOCC(Oc2cc[c]cc2)CCOC1. The van der Waals surface area contributed by atoms with Crippen LogP contribution in [0.4, 0.5) is 0 Å². The van der Waals surface area contributed by atoms with Crippen molar-refractivity contribution < 1.29 is 19.3 Å². The first-order chi connectivity index (χ1) is 8.84. The van der Waals surface area contributed by atoms with Crippen LogP contribution in [0, 0.1) is 6.07 Å². The molecule has 0 saturated carbocycles. The minimum Gasteiger partial charge on any atom is -0.488 e. The van der Waals surface area contributed by atoms with Gasteiger partial charge >= 0.3 is 0 Å². The van der Waals surface area contributed by atoms with E-state index in [0.29, 0.717) is 26.2 Å². The molecule has 1 aliphatic rings. The molecule has 0 N–H and O–H groups in total. The Morgan fingerprint density at radius 3 is 2.67 bits per heavy atom. The molecule has 1 aromatic carbocycles. The molecule has 1 saturated heterocycles. The van der Waals surface area contributed by atoms with Crippen LogP contribution in [-0.2, 0) is 14.6 Å². The summed E-state index contributed by atoms with van der Waals surface area (Å²) < 4.78 is 16.6. The molecule has 1 heterocycles. The van der Waals surface area contributed by atoms with Gasteiger partial charge in [-0.3, -0.25) is 0 Å². The van der Waals surface area contributed by atoms with Crippen molar-refractivity contribution in [2.45, 2.75) is 25.0 Å². The Morgan fingerprint density at radius 1 is 1.11 bits per heavy atom. The first kappa shape index (κ1) is 13.3. The standard InChI is InChI=1S/C14H18O4/c15-12-6-8-17-11-14(7-9-16-10-12)18-13-4-2-1-3-5-13/h2-5,12,14H,6-11H2. The van der Waals surface area contributed by atoms with Crippen LogP contribution >= 0.6 is 0 Å². The topological polar surface area (TPSA) is 47.6 Å². The van der Waals surface area contributed by atoms with Crippen LogP contribution in [0.1, 0.15) is 12.8 Å². The van der Waals surface area contributed by atoms with E-state index in [4.69, 9.17) is 14.2 Å². The molecule has 0 aromatic heterocycles. The van der Waals surface area contributed by atoms with Crippen LogP contribution in [-0.4, -0.2) is 38.6 Å². The minimum absolute atomic E-state index is 0.0318. The van der Waals surface area contributed by atoms with E-state index in [0.717, 1.165) is 12.2 Å². The summed E-state index contributed by atoms with van der Waals surface area (Å²) in [7, 11) is 0. The van der Waals surface area contributed by atoms with Gasteiger partial charge in [-0.25, -0.2) is 5.11 Å². The molecule has 0 amide bonds. The van der Waals surface area contributed by atoms with Crippen molar-refractivity contribution in [1.29, 1.82) is 0 Å². The molecule has 2 rings (SSSR count). The molecular weight excluding hydrogens is 232 g/mol. The maximum absolute atomic E-state index is 11.3. The van der Waals surface area contributed by atoms with Crippen molar-refractivity contribution in [3.8, 4) is 5.75 Å². The quantitative estimate of drug-likeness (QED) is 0.805. The minimum atomic E-state index is -0.674. The van der Waals surface area contributed by atoms with Crippen molar-refractivity contribution in [2.75, 3.05) is 26.4 Å². The van der Waals surface area contributed by atoms with E-state index in [1.54, 1.807) is 0 Å². The number of benzene rings is 1. The second-order valence-corrected chi connectivity index (χ2v) is 4.32. The predicted octanol–water partition coefficient (Wildman–Crippen LogP) is 1.86. The molecule has 0 spiro atoms. The van der Waals surface area contributed by atoms with Crippen LogP contribution in [0.3, 0.4) is 0 Å². The summed E-state index contributed by atoms with van der Waals surface area (Å²) in [5.74, 6) is 0.807. The fourth-order valence-electron chi connectivity index (χ4n) is 1.76. The summed E-state index contributed by atoms with van der Waals surface area (Å²) in [5, 5.41) is 11.3. The van der Waals surface area contributed by atoms with E-state index in [1.807, 2.05) is 24.3 Å². The first-order valence-electron chi connectivity index (χ1n) is 6.28. The third-order valence-electron chi connectivity index (χ3n) is 2.77. The van der Waals surface area contributed by atoms with E-state index in [-0.39, 0.29) is 12.7 Å². The molecule has 2 atom stereocenters. The third-order valence-corrected chi connectivity index (χ3v) is 2.77. The van der Waals surface area contributed by atoms with Crippen molar-refractivity contribution in [3.63, 3.8) is 0 Å². The average molecular weight is 250 g/mol. The van der Waals surface area contributed by atoms with Gasteiger partial charge in [0.05, 0.1) is 19.8 Å². The summed E-state index contributed by atoms with van der Waals surface area (Å²) in [4.78, 5) is 0. The van der Waals surface area contributed by atoms with Gasteiger partial charge in [-0.15, -0.1) is 0 Å². The Morgan fingerprint density at radius 2 is 1.83 bits per heavy atom. The molecule has 1 aromatic rings. The Hall–Kier alpha value is -1.10. The maximum Gasteiger partial charge on any atom is 0.124 e. The van der Waals surface area contributed by atoms with E-state index < -0.39 is 6.10 Å². The van der Waals surface area contributed by atoms with E-state index in [9.17, 15) is 5.11 Å². The van der Waals surface area contributed by atoms with Crippen molar-refractivity contribution in [3.05, 3.63) is 30.3 Å². The van der Waals surface area contributed by atoms with Gasteiger partial charge in [0.1, 0.15) is 18.0 Å². The van der Waals surface area contributed by atoms with Gasteiger partial charge in [-0.1, -0.05) is 12.1 Å². The second-order valence-electron chi connectivity index (χ2n) is 4.32. The number of hydrogen-bond acceptors (Lipinski definition) is 3. The van der Waals surface area contributed by atoms with Gasteiger partial charge in [-0.2, -0.15) is 0 Å². The lowest BCUT2D eigenvalue weighted by atomic mass is 10.2. The van der Waals surface area contributed by atoms with Gasteiger partial charge in [0.2, 0.25) is 0 Å². The Bertz CT molecular complexity index is 316. The molecule has 2 unspecified atom stereocenters. The third kappa shape index (κ3) is 4.64. The van der Waals surface area contributed by atoms with Gasteiger partial charge in [-0.05, 0) is 18.2 Å².